The molecule has 0 spiro atoms. The van der Waals surface area contributed by atoms with Crippen LogP contribution in [0.5, 0.6) is 5.75 Å². The molecule has 2 aromatic rings. The predicted octanol–water partition coefficient (Wildman–Crippen LogP) is 6.59. The van der Waals surface area contributed by atoms with Gasteiger partial charge in [-0.3, -0.25) is 9.69 Å². The maximum atomic E-state index is 14.1. The lowest BCUT2D eigenvalue weighted by Gasteiger charge is -2.29. The summed E-state index contributed by atoms with van der Waals surface area (Å²) in [5, 5.41) is 0.320. The van der Waals surface area contributed by atoms with Gasteiger partial charge in [-0.1, -0.05) is 79.1 Å². The van der Waals surface area contributed by atoms with Crippen molar-refractivity contribution in [2.24, 2.45) is 0 Å². The first-order valence-corrected chi connectivity index (χ1v) is 11.6. The van der Waals surface area contributed by atoms with Gasteiger partial charge in [0.15, 0.2) is 0 Å². The van der Waals surface area contributed by atoms with Crippen molar-refractivity contribution in [3.8, 4) is 5.75 Å². The van der Waals surface area contributed by atoms with Gasteiger partial charge >= 0.3 is 0 Å². The minimum Gasteiger partial charge on any atom is -0.488 e. The van der Waals surface area contributed by atoms with Crippen LogP contribution >= 0.6 is 35.6 Å². The highest BCUT2D eigenvalue weighted by atomic mass is 35.5. The second-order valence-electron chi connectivity index (χ2n) is 7.37. The molecule has 1 saturated heterocycles. The molecule has 2 aliphatic rings. The number of para-hydroxylation sites is 1. The maximum Gasteiger partial charge on any atom is 0.266 e. The van der Waals surface area contributed by atoms with Gasteiger partial charge in [-0.2, -0.15) is 0 Å². The van der Waals surface area contributed by atoms with Crippen LogP contribution in [0.25, 0.3) is 6.08 Å². The molecule has 2 fully saturated rings. The van der Waals surface area contributed by atoms with E-state index in [1.165, 1.54) is 24.2 Å². The Bertz CT molecular complexity index is 984. The van der Waals surface area contributed by atoms with Crippen LogP contribution in [0.15, 0.2) is 47.4 Å². The van der Waals surface area contributed by atoms with Crippen LogP contribution < -0.4 is 4.74 Å². The third-order valence-electron chi connectivity index (χ3n) is 5.40. The summed E-state index contributed by atoms with van der Waals surface area (Å²) in [6.45, 7) is -0.000601. The zero-order valence-corrected chi connectivity index (χ0v) is 18.7. The smallest absolute Gasteiger partial charge is 0.266 e. The fraction of sp³-hybridized carbons (Fsp3) is 0.304. The van der Waals surface area contributed by atoms with Crippen LogP contribution in [0.2, 0.25) is 5.02 Å². The number of ether oxygens (including phenoxy) is 1. The molecule has 1 aliphatic heterocycles. The Labute approximate surface area is 190 Å². The Hall–Kier alpha value is -1.89. The third kappa shape index (κ3) is 4.56. The molecule has 0 atom stereocenters. The van der Waals surface area contributed by atoms with Crippen molar-refractivity contribution in [2.75, 3.05) is 0 Å². The van der Waals surface area contributed by atoms with Crippen molar-refractivity contribution in [3.05, 3.63) is 69.3 Å². The van der Waals surface area contributed by atoms with Gasteiger partial charge in [0, 0.05) is 17.2 Å². The Morgan fingerprint density at radius 3 is 2.70 bits per heavy atom. The minimum atomic E-state index is -0.409. The van der Waals surface area contributed by atoms with Crippen LogP contribution in [0.1, 0.15) is 43.2 Å². The number of thioether (sulfide) groups is 1. The molecule has 0 unspecified atom stereocenters. The number of hydrogen-bond acceptors (Lipinski definition) is 4. The normalized spacial score (nSPS) is 19.0. The molecule has 3 nitrogen and oxygen atoms in total. The lowest BCUT2D eigenvalue weighted by Crippen LogP contribution is -2.39. The molecule has 0 radical (unpaired) electrons. The van der Waals surface area contributed by atoms with Crippen molar-refractivity contribution in [1.29, 1.82) is 0 Å². The van der Waals surface area contributed by atoms with E-state index >= 15 is 0 Å². The fourth-order valence-electron chi connectivity index (χ4n) is 3.83. The number of carbonyl (C=O) groups excluding carboxylic acids is 1. The second kappa shape index (κ2) is 9.50. The number of benzene rings is 2. The van der Waals surface area contributed by atoms with Gasteiger partial charge in [-0.25, -0.2) is 4.39 Å². The molecular weight excluding hydrogens is 441 g/mol. The topological polar surface area (TPSA) is 29.5 Å². The van der Waals surface area contributed by atoms with E-state index in [4.69, 9.17) is 28.6 Å². The summed E-state index contributed by atoms with van der Waals surface area (Å²) in [6.07, 6.45) is 7.30. The molecule has 0 aromatic heterocycles. The van der Waals surface area contributed by atoms with E-state index in [2.05, 4.69) is 0 Å². The number of hydrogen-bond donors (Lipinski definition) is 0. The molecule has 7 heteroatoms. The van der Waals surface area contributed by atoms with E-state index in [1.807, 2.05) is 18.2 Å². The molecule has 1 saturated carbocycles. The first-order chi connectivity index (χ1) is 14.5. The van der Waals surface area contributed by atoms with E-state index in [-0.39, 0.29) is 18.6 Å². The first-order valence-electron chi connectivity index (χ1n) is 9.96. The molecule has 156 valence electrons. The lowest BCUT2D eigenvalue weighted by molar-refractivity contribution is -0.124. The summed E-state index contributed by atoms with van der Waals surface area (Å²) < 4.78 is 20.5. The van der Waals surface area contributed by atoms with Crippen LogP contribution in [0.4, 0.5) is 4.39 Å². The minimum absolute atomic E-state index is 0.000601. The van der Waals surface area contributed by atoms with E-state index in [1.54, 1.807) is 29.2 Å². The van der Waals surface area contributed by atoms with Gasteiger partial charge < -0.3 is 4.74 Å². The molecule has 2 aromatic carbocycles. The van der Waals surface area contributed by atoms with Crippen molar-refractivity contribution in [3.63, 3.8) is 0 Å². The van der Waals surface area contributed by atoms with E-state index in [9.17, 15) is 9.18 Å². The molecular formula is C23H21ClFNO2S2. The zero-order chi connectivity index (χ0) is 21.1. The summed E-state index contributed by atoms with van der Waals surface area (Å²) in [5.74, 6) is 0.108. The van der Waals surface area contributed by atoms with Gasteiger partial charge in [0.05, 0.1) is 9.93 Å². The van der Waals surface area contributed by atoms with Gasteiger partial charge in [0.25, 0.3) is 5.91 Å². The van der Waals surface area contributed by atoms with E-state index in [0.717, 1.165) is 31.2 Å². The number of halogens is 2. The van der Waals surface area contributed by atoms with Gasteiger partial charge in [0.1, 0.15) is 22.5 Å². The molecule has 0 N–H and O–H groups in total. The number of nitrogens with zero attached hydrogens (tertiary/aromatic N) is 1. The summed E-state index contributed by atoms with van der Waals surface area (Å²) in [7, 11) is 0. The number of carbonyl (C=O) groups is 1. The lowest BCUT2D eigenvalue weighted by atomic mass is 9.94. The van der Waals surface area contributed by atoms with Crippen LogP contribution in [0, 0.1) is 5.82 Å². The fourth-order valence-corrected chi connectivity index (χ4v) is 5.44. The Kier molecular flexibility index (Phi) is 6.76. The molecule has 1 amide bonds. The second-order valence-corrected chi connectivity index (χ2v) is 9.45. The van der Waals surface area contributed by atoms with Crippen molar-refractivity contribution >= 4 is 51.9 Å². The van der Waals surface area contributed by atoms with Gasteiger partial charge in [-0.05, 0) is 37.1 Å². The highest BCUT2D eigenvalue weighted by Crippen LogP contribution is 2.38. The average Bonchev–Trinajstić information content (AvgIpc) is 3.02. The summed E-state index contributed by atoms with van der Waals surface area (Å²) in [6, 6.07) is 12.1. The third-order valence-corrected chi connectivity index (χ3v) is 7.09. The number of amides is 1. The summed E-state index contributed by atoms with van der Waals surface area (Å²) in [5.41, 5.74) is 1.05. The zero-order valence-electron chi connectivity index (χ0n) is 16.3. The van der Waals surface area contributed by atoms with Crippen molar-refractivity contribution < 1.29 is 13.9 Å². The molecule has 1 heterocycles. The average molecular weight is 462 g/mol. The maximum absolute atomic E-state index is 14.1. The SMILES string of the molecule is O=C1/C(=C\c2ccccc2OCc2c(F)cccc2Cl)SC(=S)N1C1CCCCC1. The Balaban J connectivity index is 1.54. The summed E-state index contributed by atoms with van der Waals surface area (Å²) in [4.78, 5) is 15.4. The highest BCUT2D eigenvalue weighted by molar-refractivity contribution is 8.26. The molecule has 0 bridgehead atoms. The van der Waals surface area contributed by atoms with Crippen LogP contribution in [-0.4, -0.2) is 21.2 Å². The van der Waals surface area contributed by atoms with Crippen LogP contribution in [0.3, 0.4) is 0 Å². The Morgan fingerprint density at radius 1 is 1.17 bits per heavy atom. The standard InChI is InChI=1S/C23H21ClFNO2S2/c24-18-10-6-11-19(25)17(18)14-28-20-12-5-4-7-15(20)13-21-22(27)26(23(29)30-21)16-8-2-1-3-9-16/h4-7,10-13,16H,1-3,8-9,14H2/b21-13+. The summed E-state index contributed by atoms with van der Waals surface area (Å²) >= 11 is 12.9. The highest BCUT2D eigenvalue weighted by Gasteiger charge is 2.37. The quantitative estimate of drug-likeness (QED) is 0.371. The largest absolute Gasteiger partial charge is 0.488 e. The van der Waals surface area contributed by atoms with Crippen molar-refractivity contribution in [1.82, 2.24) is 4.90 Å². The number of thiocarbonyl (C=S) groups is 1. The van der Waals surface area contributed by atoms with Gasteiger partial charge in [0.2, 0.25) is 0 Å². The Morgan fingerprint density at radius 2 is 1.93 bits per heavy atom. The van der Waals surface area contributed by atoms with Crippen molar-refractivity contribution in [2.45, 2.75) is 44.8 Å². The molecule has 4 rings (SSSR count). The van der Waals surface area contributed by atoms with E-state index in [0.29, 0.717) is 25.6 Å². The van der Waals surface area contributed by atoms with Crippen LogP contribution in [-0.2, 0) is 11.4 Å². The molecule has 1 aliphatic carbocycles. The first kappa shape index (κ1) is 21.3. The molecule has 30 heavy (non-hydrogen) atoms. The number of rotatable bonds is 5. The monoisotopic (exact) mass is 461 g/mol. The predicted molar refractivity (Wildman–Crippen MR) is 124 cm³/mol. The van der Waals surface area contributed by atoms with E-state index < -0.39 is 5.82 Å². The van der Waals surface area contributed by atoms with Gasteiger partial charge in [-0.15, -0.1) is 0 Å².